The number of aromatic nitrogens is 1. The fourth-order valence-corrected chi connectivity index (χ4v) is 13.3. The van der Waals surface area contributed by atoms with Gasteiger partial charge in [-0.25, -0.2) is 0 Å². The lowest BCUT2D eigenvalue weighted by Crippen LogP contribution is -2.81. The molecule has 1 aliphatic carbocycles. The summed E-state index contributed by atoms with van der Waals surface area (Å²) in [5, 5.41) is 51.2. The Labute approximate surface area is 340 Å². The van der Waals surface area contributed by atoms with Crippen LogP contribution < -0.4 is 15.0 Å². The third kappa shape index (κ3) is 5.03. The number of esters is 1. The zero-order valence-electron chi connectivity index (χ0n) is 34.4. The van der Waals surface area contributed by atoms with Crippen molar-refractivity contribution in [2.45, 2.75) is 92.6 Å². The second-order valence-electron chi connectivity index (χ2n) is 18.1. The number of methoxy groups -OCH3 is 2. The van der Waals surface area contributed by atoms with Crippen LogP contribution in [0, 0.1) is 11.3 Å². The first-order chi connectivity index (χ1) is 27.8. The maximum absolute atomic E-state index is 15.3. The Balaban J connectivity index is 1.35. The van der Waals surface area contributed by atoms with Crippen LogP contribution in [-0.4, -0.2) is 144 Å². The van der Waals surface area contributed by atoms with Crippen molar-refractivity contribution in [2.24, 2.45) is 11.3 Å². The lowest BCUT2D eigenvalue weighted by molar-refractivity contribution is -0.203. The van der Waals surface area contributed by atoms with E-state index in [-0.39, 0.29) is 25.1 Å². The Bertz CT molecular complexity index is 2170. The Morgan fingerprint density at radius 2 is 1.83 bits per heavy atom. The molecule has 1 aromatic heterocycles. The van der Waals surface area contributed by atoms with Gasteiger partial charge in [-0.05, 0) is 74.2 Å². The van der Waals surface area contributed by atoms with Crippen LogP contribution in [0.2, 0.25) is 0 Å². The lowest BCUT2D eigenvalue weighted by atomic mass is 9.47. The van der Waals surface area contributed by atoms with Crippen molar-refractivity contribution in [3.63, 3.8) is 0 Å². The fraction of sp³-hybridized carbons (Fsp3) is 0.600. The summed E-state index contributed by atoms with van der Waals surface area (Å²) < 4.78 is 12.3. The first kappa shape index (κ1) is 39.5. The summed E-state index contributed by atoms with van der Waals surface area (Å²) in [6.45, 7) is 6.94. The number of benzene rings is 2. The van der Waals surface area contributed by atoms with E-state index < -0.39 is 51.5 Å². The largest absolute Gasteiger partial charge is 0.496 e. The molecule has 13 heteroatoms. The van der Waals surface area contributed by atoms with Crippen LogP contribution >= 0.6 is 0 Å². The molecule has 1 saturated carbocycles. The molecule has 0 radical (unpaired) electrons. The number of nitrogens with zero attached hydrogens (tertiary/aromatic N) is 3. The monoisotopic (exact) mass is 797 g/mol. The minimum atomic E-state index is -2.29. The van der Waals surface area contributed by atoms with Crippen molar-refractivity contribution < 1.29 is 39.5 Å². The van der Waals surface area contributed by atoms with Gasteiger partial charge in [-0.15, -0.1) is 0 Å². The molecule has 6 aliphatic rings. The number of para-hydroxylation sites is 1. The predicted octanol–water partition coefficient (Wildman–Crippen LogP) is 2.36. The number of aliphatic hydroxyl groups is 4. The zero-order valence-corrected chi connectivity index (χ0v) is 34.4. The number of aromatic amines is 1. The Hall–Kier alpha value is -3.98. The molecule has 312 valence electrons. The van der Waals surface area contributed by atoms with Gasteiger partial charge < -0.3 is 45.1 Å². The van der Waals surface area contributed by atoms with E-state index in [1.54, 1.807) is 7.11 Å². The van der Waals surface area contributed by atoms with Crippen LogP contribution in [-0.2, 0) is 31.6 Å². The van der Waals surface area contributed by atoms with E-state index in [4.69, 9.17) is 9.47 Å². The number of carbonyl (C=O) groups excluding carboxylic acids is 2. The van der Waals surface area contributed by atoms with Gasteiger partial charge in [0.25, 0.3) is 5.91 Å². The number of hydrogen-bond donors (Lipinski definition) is 6. The second kappa shape index (κ2) is 13.8. The van der Waals surface area contributed by atoms with Crippen LogP contribution in [0.25, 0.3) is 10.9 Å². The number of amides is 1. The van der Waals surface area contributed by atoms with E-state index >= 15 is 4.79 Å². The van der Waals surface area contributed by atoms with E-state index in [1.165, 1.54) is 7.11 Å². The van der Waals surface area contributed by atoms with Crippen molar-refractivity contribution in [1.82, 2.24) is 20.1 Å². The molecular weight excluding hydrogens is 739 g/mol. The molecule has 1 spiro atoms. The van der Waals surface area contributed by atoms with Gasteiger partial charge in [0, 0.05) is 90.6 Å². The van der Waals surface area contributed by atoms with Crippen LogP contribution in [0.5, 0.6) is 5.75 Å². The molecule has 13 nitrogen and oxygen atoms in total. The summed E-state index contributed by atoms with van der Waals surface area (Å²) in [7, 11) is 4.90. The predicted molar refractivity (Wildman–Crippen MR) is 219 cm³/mol. The third-order valence-electron chi connectivity index (χ3n) is 15.6. The molecule has 1 amide bonds. The maximum atomic E-state index is 15.3. The minimum absolute atomic E-state index is 0.0764. The molecule has 2 aromatic carbocycles. The van der Waals surface area contributed by atoms with E-state index in [1.807, 2.05) is 62.2 Å². The number of H-pyrrole nitrogens is 1. The average molecular weight is 798 g/mol. The van der Waals surface area contributed by atoms with E-state index in [9.17, 15) is 25.2 Å². The highest BCUT2D eigenvalue weighted by Crippen LogP contribution is 2.67. The number of nitrogens with one attached hydrogen (secondary N) is 2. The molecule has 6 heterocycles. The minimum Gasteiger partial charge on any atom is -0.496 e. The summed E-state index contributed by atoms with van der Waals surface area (Å²) in [6.07, 6.45) is 5.71. The number of piperidine rings is 1. The lowest BCUT2D eigenvalue weighted by Gasteiger charge is -2.63. The van der Waals surface area contributed by atoms with Gasteiger partial charge in [-0.3, -0.25) is 19.4 Å². The van der Waals surface area contributed by atoms with Crippen molar-refractivity contribution >= 4 is 28.5 Å². The first-order valence-corrected chi connectivity index (χ1v) is 21.1. The zero-order chi connectivity index (χ0) is 41.0. The highest BCUT2D eigenvalue weighted by atomic mass is 16.5. The van der Waals surface area contributed by atoms with E-state index in [0.29, 0.717) is 82.6 Å². The SMILES string of the molecule is CC[C@]1(O)C[C@H]2CN(CCc3c([nH]c4ccccc34)[C@@](C(=O)OC)(c3cc4c(cc3OC)N(C)[C@H]3[C@@](O)(C(=O)NCCO)[C@H](O)[C@]5(CC)C=CCN6CC[C@]43[C@@H]65)C2)C1. The summed E-state index contributed by atoms with van der Waals surface area (Å²) in [4.78, 5) is 40.1. The van der Waals surface area contributed by atoms with Crippen molar-refractivity contribution in [2.75, 3.05) is 72.0 Å². The standard InChI is InChI=1S/C45H59N5O8/c1-6-41(55)23-27-24-44(40(54)58-5,35-29(13-18-49(25-27)26-41)28-11-8-9-12-32(28)47-35)31-21-30-33(22-34(31)57-4)48(3)37-43(30)15-19-50-17-10-14-42(7-2,36(43)50)38(52)45(37,56)39(53)46-16-20-51/h8-12,14,21-22,27,36-38,47,51-52,55-56H,6-7,13,15-20,23-26H2,1-5H3,(H,46,53)/t27-,36+,37-,38-,41+,42-,43-,44+,45+/m1/s1. The number of anilines is 1. The van der Waals surface area contributed by atoms with Crippen LogP contribution in [0.4, 0.5) is 5.69 Å². The molecule has 6 N–H and O–H groups in total. The van der Waals surface area contributed by atoms with E-state index in [2.05, 4.69) is 32.2 Å². The maximum Gasteiger partial charge on any atom is 0.322 e. The van der Waals surface area contributed by atoms with Gasteiger partial charge in [0.05, 0.1) is 32.5 Å². The molecule has 5 aliphatic heterocycles. The first-order valence-electron chi connectivity index (χ1n) is 21.1. The van der Waals surface area contributed by atoms with Crippen LogP contribution in [0.15, 0.2) is 48.6 Å². The molecule has 1 unspecified atom stereocenters. The molecule has 58 heavy (non-hydrogen) atoms. The fourth-order valence-electron chi connectivity index (χ4n) is 13.3. The summed E-state index contributed by atoms with van der Waals surface area (Å²) in [6, 6.07) is 11.0. The molecule has 2 bridgehead atoms. The summed E-state index contributed by atoms with van der Waals surface area (Å²) >= 11 is 0. The van der Waals surface area contributed by atoms with Crippen LogP contribution in [0.1, 0.15) is 68.3 Å². The average Bonchev–Trinajstić information content (AvgIpc) is 3.89. The van der Waals surface area contributed by atoms with Crippen LogP contribution in [0.3, 0.4) is 0 Å². The number of fused-ring (bicyclic) bond motifs is 6. The highest BCUT2D eigenvalue weighted by Gasteiger charge is 2.78. The van der Waals surface area contributed by atoms with Gasteiger partial charge in [0.15, 0.2) is 5.60 Å². The van der Waals surface area contributed by atoms with Gasteiger partial charge in [-0.2, -0.15) is 0 Å². The normalized spacial score (nSPS) is 37.5. The number of likely N-dealkylation sites (N-methyl/N-ethyl adjacent to an activating group) is 1. The Morgan fingerprint density at radius 1 is 1.03 bits per heavy atom. The number of rotatable bonds is 8. The topological polar surface area (TPSA) is 171 Å². The number of hydrogen-bond acceptors (Lipinski definition) is 11. The number of aliphatic hydroxyl groups excluding tert-OH is 2. The quantitative estimate of drug-likeness (QED) is 0.146. The molecular formula is C45H59N5O8. The van der Waals surface area contributed by atoms with E-state index in [0.717, 1.165) is 33.4 Å². The highest BCUT2D eigenvalue weighted by molar-refractivity contribution is 5.95. The molecule has 3 fully saturated rings. The number of carbonyl (C=O) groups is 2. The number of ether oxygens (including phenoxy) is 2. The van der Waals surface area contributed by atoms with Gasteiger partial charge in [0.1, 0.15) is 17.3 Å². The summed E-state index contributed by atoms with van der Waals surface area (Å²) in [5.41, 5.74) is -1.57. The third-order valence-corrected chi connectivity index (χ3v) is 15.6. The Morgan fingerprint density at radius 3 is 2.55 bits per heavy atom. The second-order valence-corrected chi connectivity index (χ2v) is 18.1. The van der Waals surface area contributed by atoms with Gasteiger partial charge in [-0.1, -0.05) is 44.2 Å². The Kier molecular flexibility index (Phi) is 9.38. The summed E-state index contributed by atoms with van der Waals surface area (Å²) in [5.74, 6) is -0.801. The molecule has 9 rings (SSSR count). The van der Waals surface area contributed by atoms with Crippen molar-refractivity contribution in [3.8, 4) is 5.75 Å². The van der Waals surface area contributed by atoms with Crippen molar-refractivity contribution in [1.29, 1.82) is 0 Å². The van der Waals surface area contributed by atoms with Gasteiger partial charge in [0.2, 0.25) is 0 Å². The smallest absolute Gasteiger partial charge is 0.322 e. The molecule has 10 atom stereocenters. The van der Waals surface area contributed by atoms with Crippen molar-refractivity contribution in [3.05, 3.63) is 70.9 Å². The molecule has 3 aromatic rings. The molecule has 2 saturated heterocycles. The van der Waals surface area contributed by atoms with Gasteiger partial charge >= 0.3 is 5.97 Å².